The zero-order valence-electron chi connectivity index (χ0n) is 22.5. The summed E-state index contributed by atoms with van der Waals surface area (Å²) in [6.07, 6.45) is 1.79. The van der Waals surface area contributed by atoms with Crippen molar-refractivity contribution in [1.29, 1.82) is 0 Å². The van der Waals surface area contributed by atoms with Gasteiger partial charge in [0.25, 0.3) is 0 Å². The van der Waals surface area contributed by atoms with Gasteiger partial charge in [-0.2, -0.15) is 5.10 Å². The molecule has 4 aromatic rings. The van der Waals surface area contributed by atoms with Crippen LogP contribution in [0.4, 0.5) is 0 Å². The van der Waals surface area contributed by atoms with E-state index in [0.717, 1.165) is 27.8 Å². The molecule has 0 aromatic heterocycles. The molecule has 0 aliphatic carbocycles. The second kappa shape index (κ2) is 11.0. The first-order valence-corrected chi connectivity index (χ1v) is 13.2. The third-order valence-electron chi connectivity index (χ3n) is 7.29. The number of hydrazone groups is 1. The fraction of sp³-hybridized carbons (Fsp3) is 0.176. The Morgan fingerprint density at radius 1 is 0.846 bits per heavy atom. The van der Waals surface area contributed by atoms with E-state index in [9.17, 15) is 4.79 Å². The minimum absolute atomic E-state index is 0.233. The predicted octanol–water partition coefficient (Wildman–Crippen LogP) is 6.41. The third kappa shape index (κ3) is 4.72. The lowest BCUT2D eigenvalue weighted by Crippen LogP contribution is -2.40. The zero-order chi connectivity index (χ0) is 27.4. The highest BCUT2D eigenvalue weighted by atomic mass is 16.5. The highest BCUT2D eigenvalue weighted by Gasteiger charge is 2.58. The van der Waals surface area contributed by atoms with Gasteiger partial charge >= 0.3 is 5.97 Å². The molecule has 0 saturated carbocycles. The Kier molecular flexibility index (Phi) is 7.33. The van der Waals surface area contributed by atoms with Gasteiger partial charge in [-0.25, -0.2) is 9.80 Å². The largest absolute Gasteiger partial charge is 0.462 e. The van der Waals surface area contributed by atoms with Crippen molar-refractivity contribution in [3.63, 3.8) is 0 Å². The van der Waals surface area contributed by atoms with E-state index in [-0.39, 0.29) is 12.4 Å². The Balaban J connectivity index is 1.84. The number of carbonyl (C=O) groups excluding carboxylic acids is 1. The van der Waals surface area contributed by atoms with Crippen molar-refractivity contribution in [2.45, 2.75) is 32.2 Å². The van der Waals surface area contributed by atoms with Gasteiger partial charge in [-0.15, -0.1) is 0 Å². The molecule has 4 aromatic carbocycles. The number of carbonyl (C=O) groups is 1. The van der Waals surface area contributed by atoms with Gasteiger partial charge in [-0.1, -0.05) is 120 Å². The normalized spacial score (nSPS) is 16.6. The molecule has 196 valence electrons. The standard InChI is InChI=1S/C34H33N3O2/c1-4-39-33(38)30-32(35)37(36-23-26-19-15-24(2)16-20-26)31(27-21-17-25(3)18-22-27)34(30,28-11-7-5-8-12-28)29-13-9-6-10-14-29/h5-23,31H,4,35H2,1-3H3/b36-23+. The van der Waals surface area contributed by atoms with Gasteiger partial charge in [0.2, 0.25) is 0 Å². The van der Waals surface area contributed by atoms with E-state index in [1.54, 1.807) is 18.1 Å². The topological polar surface area (TPSA) is 67.9 Å². The molecule has 1 aliphatic rings. The maximum Gasteiger partial charge on any atom is 0.339 e. The molecule has 5 nitrogen and oxygen atoms in total. The number of hydrogen-bond acceptors (Lipinski definition) is 5. The molecule has 1 aliphatic heterocycles. The third-order valence-corrected chi connectivity index (χ3v) is 7.29. The van der Waals surface area contributed by atoms with Gasteiger partial charge < -0.3 is 10.5 Å². The first-order valence-electron chi connectivity index (χ1n) is 13.2. The van der Waals surface area contributed by atoms with Crippen LogP contribution in [0.2, 0.25) is 0 Å². The molecule has 0 saturated heterocycles. The van der Waals surface area contributed by atoms with Crippen molar-refractivity contribution in [2.24, 2.45) is 10.8 Å². The summed E-state index contributed by atoms with van der Waals surface area (Å²) in [4.78, 5) is 13.9. The van der Waals surface area contributed by atoms with E-state index in [1.807, 2.05) is 84.9 Å². The quantitative estimate of drug-likeness (QED) is 0.228. The van der Waals surface area contributed by atoms with E-state index in [0.29, 0.717) is 5.57 Å². The van der Waals surface area contributed by atoms with E-state index >= 15 is 0 Å². The number of aryl methyl sites for hydroxylation is 2. The maximum absolute atomic E-state index is 13.9. The molecule has 1 unspecified atom stereocenters. The Hall–Kier alpha value is -4.64. The van der Waals surface area contributed by atoms with Crippen molar-refractivity contribution < 1.29 is 9.53 Å². The van der Waals surface area contributed by atoms with E-state index in [1.165, 1.54) is 5.56 Å². The van der Waals surface area contributed by atoms with Crippen LogP contribution in [0.5, 0.6) is 0 Å². The van der Waals surface area contributed by atoms with Gasteiger partial charge in [0, 0.05) is 0 Å². The van der Waals surface area contributed by atoms with Gasteiger partial charge in [0.15, 0.2) is 0 Å². The second-order valence-electron chi connectivity index (χ2n) is 9.83. The SMILES string of the molecule is CCOC(=O)C1=C(N)N(/N=C/c2ccc(C)cc2)C(c2ccc(C)cc2)C1(c1ccccc1)c1ccccc1. The van der Waals surface area contributed by atoms with Crippen molar-refractivity contribution in [2.75, 3.05) is 6.61 Å². The molecule has 0 radical (unpaired) electrons. The summed E-state index contributed by atoms with van der Waals surface area (Å²) < 4.78 is 5.67. The van der Waals surface area contributed by atoms with Crippen LogP contribution in [-0.4, -0.2) is 23.8 Å². The van der Waals surface area contributed by atoms with Crippen molar-refractivity contribution in [3.8, 4) is 0 Å². The average molecular weight is 516 g/mol. The van der Waals surface area contributed by atoms with Gasteiger partial charge in [-0.05, 0) is 43.0 Å². The smallest absolute Gasteiger partial charge is 0.339 e. The van der Waals surface area contributed by atoms with Gasteiger partial charge in [0.05, 0.1) is 29.9 Å². The lowest BCUT2D eigenvalue weighted by atomic mass is 9.64. The first-order chi connectivity index (χ1) is 19.0. The van der Waals surface area contributed by atoms with Crippen LogP contribution in [-0.2, 0) is 14.9 Å². The number of benzene rings is 4. The highest BCUT2D eigenvalue weighted by molar-refractivity contribution is 5.95. The molecule has 0 bridgehead atoms. The first kappa shape index (κ1) is 26.0. The lowest BCUT2D eigenvalue weighted by Gasteiger charge is -2.40. The number of nitrogens with zero attached hydrogens (tertiary/aromatic N) is 2. The fourth-order valence-electron chi connectivity index (χ4n) is 5.47. The molecular formula is C34H33N3O2. The van der Waals surface area contributed by atoms with Crippen LogP contribution in [0, 0.1) is 13.8 Å². The molecule has 5 rings (SSSR count). The molecule has 5 heteroatoms. The average Bonchev–Trinajstić information content (AvgIpc) is 3.23. The number of esters is 1. The fourth-order valence-corrected chi connectivity index (χ4v) is 5.47. The summed E-state index contributed by atoms with van der Waals surface area (Å²) in [7, 11) is 0. The minimum Gasteiger partial charge on any atom is -0.462 e. The van der Waals surface area contributed by atoms with E-state index in [4.69, 9.17) is 15.6 Å². The minimum atomic E-state index is -0.987. The molecule has 0 fully saturated rings. The predicted molar refractivity (Wildman–Crippen MR) is 156 cm³/mol. The Bertz CT molecular complexity index is 1450. The van der Waals surface area contributed by atoms with Crippen molar-refractivity contribution in [1.82, 2.24) is 5.01 Å². The summed E-state index contributed by atoms with van der Waals surface area (Å²) in [5.74, 6) is -0.178. The molecule has 1 heterocycles. The van der Waals surface area contributed by atoms with Crippen molar-refractivity contribution in [3.05, 3.63) is 154 Å². The number of ether oxygens (including phenoxy) is 1. The Morgan fingerprint density at radius 2 is 1.36 bits per heavy atom. The zero-order valence-corrected chi connectivity index (χ0v) is 22.5. The number of rotatable bonds is 7. The van der Waals surface area contributed by atoms with E-state index in [2.05, 4.69) is 38.1 Å². The van der Waals surface area contributed by atoms with Crippen LogP contribution >= 0.6 is 0 Å². The maximum atomic E-state index is 13.9. The summed E-state index contributed by atoms with van der Waals surface area (Å²) in [6, 6.07) is 36.1. The van der Waals surface area contributed by atoms with Gasteiger partial charge in [-0.3, -0.25) is 0 Å². The Morgan fingerprint density at radius 3 is 1.87 bits per heavy atom. The molecule has 0 amide bonds. The molecule has 1 atom stereocenters. The summed E-state index contributed by atoms with van der Waals surface area (Å²) >= 11 is 0. The molecule has 39 heavy (non-hydrogen) atoms. The van der Waals surface area contributed by atoms with Crippen LogP contribution in [0.25, 0.3) is 0 Å². The lowest BCUT2D eigenvalue weighted by molar-refractivity contribution is -0.139. The van der Waals surface area contributed by atoms with Crippen LogP contribution < -0.4 is 5.73 Å². The Labute approximate surface area is 230 Å². The second-order valence-corrected chi connectivity index (χ2v) is 9.83. The van der Waals surface area contributed by atoms with Crippen LogP contribution in [0.15, 0.2) is 126 Å². The monoisotopic (exact) mass is 515 g/mol. The molecule has 0 spiro atoms. The van der Waals surface area contributed by atoms with E-state index < -0.39 is 17.4 Å². The summed E-state index contributed by atoms with van der Waals surface area (Å²) in [5, 5.41) is 6.73. The summed E-state index contributed by atoms with van der Waals surface area (Å²) in [5.41, 5.74) is 12.4. The summed E-state index contributed by atoms with van der Waals surface area (Å²) in [6.45, 7) is 6.15. The van der Waals surface area contributed by atoms with Crippen LogP contribution in [0.1, 0.15) is 46.3 Å². The van der Waals surface area contributed by atoms with Gasteiger partial charge in [0.1, 0.15) is 5.82 Å². The van der Waals surface area contributed by atoms with Crippen LogP contribution in [0.3, 0.4) is 0 Å². The number of nitrogens with two attached hydrogens (primary N) is 1. The number of hydrogen-bond donors (Lipinski definition) is 1. The molecular weight excluding hydrogens is 482 g/mol. The highest BCUT2D eigenvalue weighted by Crippen LogP contribution is 2.57. The molecule has 2 N–H and O–H groups in total. The van der Waals surface area contributed by atoms with Crippen molar-refractivity contribution >= 4 is 12.2 Å².